The second-order valence-corrected chi connectivity index (χ2v) is 3.89. The van der Waals surface area contributed by atoms with Crippen molar-refractivity contribution in [1.29, 1.82) is 0 Å². The molecule has 2 N–H and O–H groups in total. The number of hydrogen-bond donors (Lipinski definition) is 1. The van der Waals surface area contributed by atoms with Crippen molar-refractivity contribution in [1.82, 2.24) is 4.90 Å². The van der Waals surface area contributed by atoms with Gasteiger partial charge in [-0.15, -0.1) is 0 Å². The molecule has 0 aromatic carbocycles. The standard InChI is InChI=1S/C9H18N2O/c10-8-1-4-11(5-2-8)9-3-6-12-7-9/h8-9H,1-7,10H2. The fourth-order valence-corrected chi connectivity index (χ4v) is 2.09. The Kier molecular flexibility index (Phi) is 2.63. The van der Waals surface area contributed by atoms with Crippen LogP contribution in [0.3, 0.4) is 0 Å². The van der Waals surface area contributed by atoms with Gasteiger partial charge in [0.1, 0.15) is 0 Å². The molecule has 70 valence electrons. The Balaban J connectivity index is 1.80. The van der Waals surface area contributed by atoms with E-state index in [1.165, 1.54) is 19.5 Å². The molecule has 2 rings (SSSR count). The lowest BCUT2D eigenvalue weighted by molar-refractivity contribution is 0.122. The lowest BCUT2D eigenvalue weighted by Gasteiger charge is -2.33. The Morgan fingerprint density at radius 3 is 2.50 bits per heavy atom. The van der Waals surface area contributed by atoms with E-state index in [1.54, 1.807) is 0 Å². The largest absolute Gasteiger partial charge is 0.380 e. The molecule has 2 aliphatic heterocycles. The molecule has 0 bridgehead atoms. The zero-order chi connectivity index (χ0) is 8.39. The quantitative estimate of drug-likeness (QED) is 0.611. The third kappa shape index (κ3) is 1.79. The van der Waals surface area contributed by atoms with Crippen molar-refractivity contribution in [3.8, 4) is 0 Å². The second kappa shape index (κ2) is 3.73. The first-order chi connectivity index (χ1) is 5.86. The summed E-state index contributed by atoms with van der Waals surface area (Å²) >= 11 is 0. The lowest BCUT2D eigenvalue weighted by atomic mass is 10.0. The van der Waals surface area contributed by atoms with Crippen LogP contribution < -0.4 is 5.73 Å². The second-order valence-electron chi connectivity index (χ2n) is 3.89. The van der Waals surface area contributed by atoms with Crippen LogP contribution in [0.1, 0.15) is 19.3 Å². The fourth-order valence-electron chi connectivity index (χ4n) is 2.09. The molecule has 0 spiro atoms. The highest BCUT2D eigenvalue weighted by Crippen LogP contribution is 2.17. The average molecular weight is 170 g/mol. The van der Waals surface area contributed by atoms with E-state index in [0.717, 1.165) is 26.1 Å². The molecule has 0 radical (unpaired) electrons. The molecule has 0 saturated carbocycles. The molecule has 3 heteroatoms. The van der Waals surface area contributed by atoms with Gasteiger partial charge < -0.3 is 10.5 Å². The molecule has 2 saturated heterocycles. The van der Waals surface area contributed by atoms with Crippen LogP contribution in [0.15, 0.2) is 0 Å². The third-order valence-electron chi connectivity index (χ3n) is 3.00. The summed E-state index contributed by atoms with van der Waals surface area (Å²) in [5, 5.41) is 0. The molecule has 1 atom stereocenters. The van der Waals surface area contributed by atoms with Crippen LogP contribution in [0.5, 0.6) is 0 Å². The number of ether oxygens (including phenoxy) is 1. The van der Waals surface area contributed by atoms with Crippen molar-refractivity contribution in [2.24, 2.45) is 5.73 Å². The van der Waals surface area contributed by atoms with Gasteiger partial charge in [-0.3, -0.25) is 4.90 Å². The topological polar surface area (TPSA) is 38.5 Å². The summed E-state index contributed by atoms with van der Waals surface area (Å²) in [5.41, 5.74) is 5.84. The predicted molar refractivity (Wildman–Crippen MR) is 48.0 cm³/mol. The van der Waals surface area contributed by atoms with Crippen LogP contribution >= 0.6 is 0 Å². The summed E-state index contributed by atoms with van der Waals surface area (Å²) in [4.78, 5) is 2.54. The molecule has 0 amide bonds. The van der Waals surface area contributed by atoms with Gasteiger partial charge in [0.15, 0.2) is 0 Å². The Labute approximate surface area is 73.9 Å². The summed E-state index contributed by atoms with van der Waals surface area (Å²) in [5.74, 6) is 0. The van der Waals surface area contributed by atoms with Crippen LogP contribution in [-0.4, -0.2) is 43.3 Å². The van der Waals surface area contributed by atoms with Gasteiger partial charge in [0.05, 0.1) is 6.61 Å². The highest BCUT2D eigenvalue weighted by molar-refractivity contribution is 4.81. The Bertz CT molecular complexity index is 137. The first-order valence-electron chi connectivity index (χ1n) is 4.93. The van der Waals surface area contributed by atoms with Crippen LogP contribution in [0.25, 0.3) is 0 Å². The smallest absolute Gasteiger partial charge is 0.0622 e. The maximum Gasteiger partial charge on any atom is 0.0622 e. The van der Waals surface area contributed by atoms with Crippen LogP contribution in [0.2, 0.25) is 0 Å². The number of rotatable bonds is 1. The monoisotopic (exact) mass is 170 g/mol. The summed E-state index contributed by atoms with van der Waals surface area (Å²) in [6, 6.07) is 1.14. The summed E-state index contributed by atoms with van der Waals surface area (Å²) < 4.78 is 5.36. The lowest BCUT2D eigenvalue weighted by Crippen LogP contribution is -2.45. The first-order valence-corrected chi connectivity index (χ1v) is 4.93. The van der Waals surface area contributed by atoms with E-state index in [9.17, 15) is 0 Å². The van der Waals surface area contributed by atoms with Crippen LogP contribution in [0.4, 0.5) is 0 Å². The molecule has 0 aromatic rings. The van der Waals surface area contributed by atoms with Gasteiger partial charge in [-0.05, 0) is 32.4 Å². The van der Waals surface area contributed by atoms with Gasteiger partial charge in [0.2, 0.25) is 0 Å². The van der Waals surface area contributed by atoms with Gasteiger partial charge in [-0.25, -0.2) is 0 Å². The van der Waals surface area contributed by atoms with E-state index >= 15 is 0 Å². The van der Waals surface area contributed by atoms with Crippen molar-refractivity contribution < 1.29 is 4.74 Å². The molecule has 3 nitrogen and oxygen atoms in total. The number of hydrogen-bond acceptors (Lipinski definition) is 3. The van der Waals surface area contributed by atoms with E-state index in [4.69, 9.17) is 10.5 Å². The van der Waals surface area contributed by atoms with Crippen molar-refractivity contribution in [3.63, 3.8) is 0 Å². The van der Waals surface area contributed by atoms with Crippen LogP contribution in [0, 0.1) is 0 Å². The van der Waals surface area contributed by atoms with E-state index in [-0.39, 0.29) is 0 Å². The van der Waals surface area contributed by atoms with E-state index in [0.29, 0.717) is 12.1 Å². The van der Waals surface area contributed by atoms with Gasteiger partial charge >= 0.3 is 0 Å². The minimum absolute atomic E-state index is 0.448. The summed E-state index contributed by atoms with van der Waals surface area (Å²) in [6.07, 6.45) is 3.54. The molecular weight excluding hydrogens is 152 g/mol. The zero-order valence-electron chi connectivity index (χ0n) is 7.54. The molecule has 1 unspecified atom stereocenters. The minimum atomic E-state index is 0.448. The Hall–Kier alpha value is -0.120. The number of likely N-dealkylation sites (tertiary alicyclic amines) is 1. The van der Waals surface area contributed by atoms with Gasteiger partial charge in [-0.2, -0.15) is 0 Å². The number of piperidine rings is 1. The minimum Gasteiger partial charge on any atom is -0.380 e. The molecule has 2 aliphatic rings. The van der Waals surface area contributed by atoms with Gasteiger partial charge in [0, 0.05) is 18.7 Å². The van der Waals surface area contributed by atoms with Gasteiger partial charge in [0.25, 0.3) is 0 Å². The highest BCUT2D eigenvalue weighted by Gasteiger charge is 2.26. The maximum absolute atomic E-state index is 5.84. The van der Waals surface area contributed by atoms with Crippen molar-refractivity contribution in [2.75, 3.05) is 26.3 Å². The van der Waals surface area contributed by atoms with Crippen molar-refractivity contribution in [3.05, 3.63) is 0 Å². The van der Waals surface area contributed by atoms with E-state index in [1.807, 2.05) is 0 Å². The number of nitrogens with zero attached hydrogens (tertiary/aromatic N) is 1. The Morgan fingerprint density at radius 1 is 1.17 bits per heavy atom. The van der Waals surface area contributed by atoms with E-state index in [2.05, 4.69) is 4.90 Å². The van der Waals surface area contributed by atoms with Crippen molar-refractivity contribution >= 4 is 0 Å². The third-order valence-corrected chi connectivity index (χ3v) is 3.00. The molecular formula is C9H18N2O. The Morgan fingerprint density at radius 2 is 1.92 bits per heavy atom. The molecule has 12 heavy (non-hydrogen) atoms. The molecule has 0 aromatic heterocycles. The summed E-state index contributed by atoms with van der Waals surface area (Å²) in [6.45, 7) is 4.24. The van der Waals surface area contributed by atoms with E-state index < -0.39 is 0 Å². The summed E-state index contributed by atoms with van der Waals surface area (Å²) in [7, 11) is 0. The average Bonchev–Trinajstić information content (AvgIpc) is 2.58. The van der Waals surface area contributed by atoms with Crippen molar-refractivity contribution in [2.45, 2.75) is 31.3 Å². The highest BCUT2D eigenvalue weighted by atomic mass is 16.5. The normalized spacial score (nSPS) is 34.2. The number of nitrogens with two attached hydrogens (primary N) is 1. The van der Waals surface area contributed by atoms with Crippen LogP contribution in [-0.2, 0) is 4.74 Å². The molecule has 2 fully saturated rings. The molecule has 0 aliphatic carbocycles. The zero-order valence-corrected chi connectivity index (χ0v) is 7.54. The fraction of sp³-hybridized carbons (Fsp3) is 1.00. The molecule has 2 heterocycles. The predicted octanol–water partition coefficient (Wildman–Crippen LogP) is 0.198. The van der Waals surface area contributed by atoms with Gasteiger partial charge in [-0.1, -0.05) is 0 Å². The first kappa shape index (κ1) is 8.48. The maximum atomic E-state index is 5.84. The SMILES string of the molecule is NC1CCN(C2CCOC2)CC1.